The first-order valence-electron chi connectivity index (χ1n) is 13.2. The minimum atomic E-state index is -0.0964. The van der Waals surface area contributed by atoms with Gasteiger partial charge in [0.25, 0.3) is 5.91 Å². The fourth-order valence-corrected chi connectivity index (χ4v) is 5.79. The van der Waals surface area contributed by atoms with E-state index in [1.54, 1.807) is 6.92 Å². The predicted molar refractivity (Wildman–Crippen MR) is 133 cm³/mol. The topological polar surface area (TPSA) is 73.3 Å². The van der Waals surface area contributed by atoms with Crippen molar-refractivity contribution >= 4 is 17.5 Å². The Kier molecular flexibility index (Phi) is 8.98. The van der Waals surface area contributed by atoms with E-state index in [1.165, 1.54) is 19.3 Å². The maximum Gasteiger partial charge on any atom is 0.254 e. The van der Waals surface area contributed by atoms with Crippen LogP contribution in [0.1, 0.15) is 80.6 Å². The molecule has 0 spiro atoms. The average molecular weight is 472 g/mol. The van der Waals surface area contributed by atoms with Gasteiger partial charge in [0.05, 0.1) is 12.6 Å². The molecule has 7 nitrogen and oxygen atoms in total. The van der Waals surface area contributed by atoms with Crippen LogP contribution in [0.3, 0.4) is 0 Å². The molecule has 3 aliphatic rings. The first-order valence-corrected chi connectivity index (χ1v) is 13.2. The van der Waals surface area contributed by atoms with E-state index in [2.05, 4.69) is 4.90 Å². The maximum atomic E-state index is 13.4. The van der Waals surface area contributed by atoms with Crippen molar-refractivity contribution in [3.05, 3.63) is 29.3 Å². The van der Waals surface area contributed by atoms with Crippen LogP contribution in [0.15, 0.2) is 18.2 Å². The molecule has 34 heavy (non-hydrogen) atoms. The number of amides is 2. The zero-order valence-corrected chi connectivity index (χ0v) is 20.7. The number of nitrogens with zero attached hydrogens (tertiary/aromatic N) is 3. The van der Waals surface area contributed by atoms with Crippen LogP contribution < -0.4 is 4.90 Å². The van der Waals surface area contributed by atoms with E-state index < -0.39 is 0 Å². The van der Waals surface area contributed by atoms with Crippen LogP contribution in [0.2, 0.25) is 0 Å². The van der Waals surface area contributed by atoms with Gasteiger partial charge in [-0.3, -0.25) is 14.5 Å². The molecule has 2 saturated heterocycles. The normalized spacial score (nSPS) is 23.8. The predicted octanol–water partition coefficient (Wildman–Crippen LogP) is 3.58. The fourth-order valence-electron chi connectivity index (χ4n) is 5.79. The lowest BCUT2D eigenvalue weighted by atomic mass is 10.0. The third-order valence-electron chi connectivity index (χ3n) is 7.75. The van der Waals surface area contributed by atoms with E-state index in [1.807, 2.05) is 28.0 Å². The van der Waals surface area contributed by atoms with Crippen molar-refractivity contribution in [3.8, 4) is 0 Å². The average Bonchev–Trinajstić information content (AvgIpc) is 3.33. The summed E-state index contributed by atoms with van der Waals surface area (Å²) in [5, 5.41) is 9.72. The van der Waals surface area contributed by atoms with Crippen LogP contribution in [0, 0.1) is 0 Å². The van der Waals surface area contributed by atoms with Crippen LogP contribution in [-0.4, -0.2) is 78.3 Å². The second-order valence-electron chi connectivity index (χ2n) is 10.1. The second kappa shape index (κ2) is 12.1. The Balaban J connectivity index is 1.68. The Morgan fingerprint density at radius 1 is 0.971 bits per heavy atom. The molecule has 188 valence electrons. The van der Waals surface area contributed by atoms with Crippen molar-refractivity contribution in [1.29, 1.82) is 0 Å². The van der Waals surface area contributed by atoms with Gasteiger partial charge in [-0.15, -0.1) is 0 Å². The van der Waals surface area contributed by atoms with Crippen molar-refractivity contribution in [1.82, 2.24) is 9.80 Å². The Morgan fingerprint density at radius 3 is 2.44 bits per heavy atom. The summed E-state index contributed by atoms with van der Waals surface area (Å²) >= 11 is 0. The summed E-state index contributed by atoms with van der Waals surface area (Å²) in [5.41, 5.74) is 2.64. The summed E-state index contributed by atoms with van der Waals surface area (Å²) in [6.07, 6.45) is 9.54. The quantitative estimate of drug-likeness (QED) is 0.730. The number of aliphatic hydroxyl groups is 1. The molecule has 0 bridgehead atoms. The minimum Gasteiger partial charge on any atom is -0.394 e. The number of rotatable bonds is 3. The molecule has 7 heteroatoms. The van der Waals surface area contributed by atoms with E-state index in [0.717, 1.165) is 76.1 Å². The molecule has 0 radical (unpaired) electrons. The number of benzene rings is 1. The fraction of sp³-hybridized carbons (Fsp3) is 0.704. The first kappa shape index (κ1) is 25.1. The van der Waals surface area contributed by atoms with Gasteiger partial charge in [-0.25, -0.2) is 0 Å². The van der Waals surface area contributed by atoms with Crippen molar-refractivity contribution in [2.24, 2.45) is 0 Å². The summed E-state index contributed by atoms with van der Waals surface area (Å²) in [5.74, 6) is 0.0346. The lowest BCUT2D eigenvalue weighted by molar-refractivity contribution is -0.116. The molecule has 3 aliphatic heterocycles. The molecule has 1 atom stereocenters. The molecule has 1 N–H and O–H groups in total. The first-order chi connectivity index (χ1) is 16.6. The highest BCUT2D eigenvalue weighted by molar-refractivity contribution is 5.97. The van der Waals surface area contributed by atoms with Crippen molar-refractivity contribution < 1.29 is 19.4 Å². The van der Waals surface area contributed by atoms with E-state index in [9.17, 15) is 14.7 Å². The maximum absolute atomic E-state index is 13.4. The molecule has 0 aliphatic carbocycles. The van der Waals surface area contributed by atoms with E-state index in [0.29, 0.717) is 24.7 Å². The van der Waals surface area contributed by atoms with Gasteiger partial charge in [0.1, 0.15) is 0 Å². The molecule has 2 amide bonds. The molecule has 0 aromatic heterocycles. The molecule has 1 aromatic rings. The van der Waals surface area contributed by atoms with E-state index in [4.69, 9.17) is 4.74 Å². The van der Waals surface area contributed by atoms with Gasteiger partial charge in [0, 0.05) is 57.1 Å². The zero-order chi connectivity index (χ0) is 23.9. The Morgan fingerprint density at radius 2 is 1.71 bits per heavy atom. The highest BCUT2D eigenvalue weighted by Gasteiger charge is 2.30. The Labute approximate surface area is 204 Å². The molecule has 2 fully saturated rings. The molecular weight excluding hydrogens is 430 g/mol. The van der Waals surface area contributed by atoms with Gasteiger partial charge in [-0.1, -0.05) is 19.3 Å². The third kappa shape index (κ3) is 5.99. The molecule has 4 rings (SSSR count). The number of anilines is 1. The monoisotopic (exact) mass is 471 g/mol. The van der Waals surface area contributed by atoms with E-state index in [-0.39, 0.29) is 24.5 Å². The molecular formula is C27H41N3O4. The summed E-state index contributed by atoms with van der Waals surface area (Å²) < 4.78 is 5.62. The molecule has 1 unspecified atom stereocenters. The molecule has 0 saturated carbocycles. The lowest BCUT2D eigenvalue weighted by Crippen LogP contribution is -2.41. The summed E-state index contributed by atoms with van der Waals surface area (Å²) in [7, 11) is 0. The number of carbonyl (C=O) groups excluding carboxylic acids is 2. The van der Waals surface area contributed by atoms with Gasteiger partial charge in [0.15, 0.2) is 0 Å². The van der Waals surface area contributed by atoms with Crippen molar-refractivity contribution in [2.45, 2.75) is 83.3 Å². The number of hydrogen-bond acceptors (Lipinski definition) is 5. The highest BCUT2D eigenvalue weighted by Crippen LogP contribution is 2.29. The standard InChI is InChI=1S/C27H41N3O4/c1-21(32)29-14-6-4-2-3-5-13-28(24-11-16-34-17-12-24)19-23-18-22(9-10-26(23)29)27(33)30-15-7-8-25(30)20-31/h9-10,18,24-25,31H,2-8,11-17,19-20H2,1H3. The summed E-state index contributed by atoms with van der Waals surface area (Å²) in [4.78, 5) is 32.3. The third-order valence-corrected chi connectivity index (χ3v) is 7.75. The van der Waals surface area contributed by atoms with Crippen LogP contribution in [0.4, 0.5) is 5.69 Å². The number of ether oxygens (including phenoxy) is 1. The van der Waals surface area contributed by atoms with Crippen LogP contribution in [-0.2, 0) is 16.1 Å². The Hall–Kier alpha value is -1.96. The number of hydrogen-bond donors (Lipinski definition) is 1. The van der Waals surface area contributed by atoms with Gasteiger partial charge in [0.2, 0.25) is 5.91 Å². The molecule has 1 aromatic carbocycles. The number of aliphatic hydroxyl groups excluding tert-OH is 1. The van der Waals surface area contributed by atoms with Gasteiger partial charge in [-0.2, -0.15) is 0 Å². The highest BCUT2D eigenvalue weighted by atomic mass is 16.5. The second-order valence-corrected chi connectivity index (χ2v) is 10.1. The van der Waals surface area contributed by atoms with Gasteiger partial charge < -0.3 is 19.6 Å². The minimum absolute atomic E-state index is 0.00627. The lowest BCUT2D eigenvalue weighted by Gasteiger charge is -2.36. The number of carbonyl (C=O) groups is 2. The summed E-state index contributed by atoms with van der Waals surface area (Å²) in [6.45, 7) is 6.40. The largest absolute Gasteiger partial charge is 0.394 e. The van der Waals surface area contributed by atoms with Crippen LogP contribution in [0.25, 0.3) is 0 Å². The Bertz CT molecular complexity index is 839. The van der Waals surface area contributed by atoms with Gasteiger partial charge >= 0.3 is 0 Å². The van der Waals surface area contributed by atoms with Crippen molar-refractivity contribution in [2.75, 3.05) is 44.4 Å². The zero-order valence-electron chi connectivity index (χ0n) is 20.7. The number of fused-ring (bicyclic) bond motifs is 1. The van der Waals surface area contributed by atoms with Crippen molar-refractivity contribution in [3.63, 3.8) is 0 Å². The summed E-state index contributed by atoms with van der Waals surface area (Å²) in [6, 6.07) is 6.22. The smallest absolute Gasteiger partial charge is 0.254 e. The molecule has 3 heterocycles. The van der Waals surface area contributed by atoms with Gasteiger partial charge in [-0.05, 0) is 68.8 Å². The van der Waals surface area contributed by atoms with Crippen LogP contribution in [0.5, 0.6) is 0 Å². The van der Waals surface area contributed by atoms with Crippen LogP contribution >= 0.6 is 0 Å². The van der Waals surface area contributed by atoms with E-state index >= 15 is 0 Å². The SMILES string of the molecule is CC(=O)N1CCCCCCCN(C2CCOCC2)Cc2cc(C(=O)N3CCCC3CO)ccc21. The number of likely N-dealkylation sites (tertiary alicyclic amines) is 1.